The van der Waals surface area contributed by atoms with Crippen molar-refractivity contribution in [2.24, 2.45) is 0 Å². The highest BCUT2D eigenvalue weighted by Gasteiger charge is 2.21. The summed E-state index contributed by atoms with van der Waals surface area (Å²) in [4.78, 5) is 31.7. The van der Waals surface area contributed by atoms with E-state index in [1.165, 1.54) is 12.1 Å². The topological polar surface area (TPSA) is 121 Å². The fraction of sp³-hybridized carbons (Fsp3) is 0.348. The Morgan fingerprint density at radius 1 is 1.03 bits per heavy atom. The Kier molecular flexibility index (Phi) is 6.55. The number of aromatic nitrogens is 2. The van der Waals surface area contributed by atoms with Crippen LogP contribution in [-0.4, -0.2) is 30.5 Å². The maximum atomic E-state index is 12.7. The molecule has 3 N–H and O–H groups in total. The molecule has 0 saturated heterocycles. The van der Waals surface area contributed by atoms with E-state index in [0.29, 0.717) is 29.6 Å². The molecule has 9 heteroatoms. The third-order valence-electron chi connectivity index (χ3n) is 5.69. The number of aromatic amines is 1. The van der Waals surface area contributed by atoms with E-state index in [2.05, 4.69) is 20.0 Å². The van der Waals surface area contributed by atoms with E-state index in [0.717, 1.165) is 37.7 Å². The number of hydrogen-bond acceptors (Lipinski definition) is 5. The largest absolute Gasteiger partial charge is 0.335 e. The van der Waals surface area contributed by atoms with Gasteiger partial charge in [-0.1, -0.05) is 43.5 Å². The van der Waals surface area contributed by atoms with Gasteiger partial charge in [-0.15, -0.1) is 0 Å². The van der Waals surface area contributed by atoms with Gasteiger partial charge >= 0.3 is 6.03 Å². The summed E-state index contributed by atoms with van der Waals surface area (Å²) in [5.74, 6) is 0.534. The maximum absolute atomic E-state index is 12.7. The summed E-state index contributed by atoms with van der Waals surface area (Å²) < 4.78 is 27.5. The third kappa shape index (κ3) is 5.34. The van der Waals surface area contributed by atoms with Gasteiger partial charge in [-0.3, -0.25) is 4.79 Å². The Bertz CT molecular complexity index is 1280. The number of nitrogens with one attached hydrogen (secondary N) is 3. The first kappa shape index (κ1) is 22.0. The zero-order chi connectivity index (χ0) is 22.6. The van der Waals surface area contributed by atoms with Crippen molar-refractivity contribution in [2.75, 3.05) is 0 Å². The van der Waals surface area contributed by atoms with Gasteiger partial charge in [0.1, 0.15) is 5.82 Å². The lowest BCUT2D eigenvalue weighted by atomic mass is 9.96. The number of rotatable bonds is 6. The molecule has 1 aromatic heterocycles. The second kappa shape index (κ2) is 9.52. The van der Waals surface area contributed by atoms with Crippen LogP contribution in [-0.2, 0) is 22.9 Å². The van der Waals surface area contributed by atoms with Crippen molar-refractivity contribution in [3.8, 4) is 0 Å². The van der Waals surface area contributed by atoms with Crippen molar-refractivity contribution in [1.82, 2.24) is 20.0 Å². The molecular formula is C23H26N4O4S. The van der Waals surface area contributed by atoms with Crippen LogP contribution in [0.3, 0.4) is 0 Å². The molecule has 0 spiro atoms. The molecule has 0 radical (unpaired) electrons. The zero-order valence-corrected chi connectivity index (χ0v) is 18.5. The van der Waals surface area contributed by atoms with Gasteiger partial charge < -0.3 is 10.3 Å². The molecule has 8 nitrogen and oxygen atoms in total. The molecule has 1 saturated carbocycles. The fourth-order valence-corrected chi connectivity index (χ4v) is 5.01. The second-order valence-corrected chi connectivity index (χ2v) is 9.77. The van der Waals surface area contributed by atoms with Crippen LogP contribution in [0, 0.1) is 0 Å². The molecule has 0 aliphatic heterocycles. The van der Waals surface area contributed by atoms with Crippen LogP contribution in [0.2, 0.25) is 0 Å². The van der Waals surface area contributed by atoms with Gasteiger partial charge in [0.15, 0.2) is 0 Å². The molecule has 2 aromatic carbocycles. The van der Waals surface area contributed by atoms with Gasteiger partial charge in [-0.25, -0.2) is 22.9 Å². The summed E-state index contributed by atoms with van der Waals surface area (Å²) >= 11 is 0. The summed E-state index contributed by atoms with van der Waals surface area (Å²) in [6.07, 6.45) is 5.89. The lowest BCUT2D eigenvalue weighted by Crippen LogP contribution is -2.45. The molecule has 1 fully saturated rings. The van der Waals surface area contributed by atoms with Crippen molar-refractivity contribution in [2.45, 2.75) is 55.9 Å². The van der Waals surface area contributed by atoms with Gasteiger partial charge in [-0.05, 0) is 49.1 Å². The smallest absolute Gasteiger partial charge is 0.328 e. The number of carbonyl (C=O) groups excluding carboxylic acids is 1. The minimum absolute atomic E-state index is 0.0156. The summed E-state index contributed by atoms with van der Waals surface area (Å²) in [5, 5.41) is 3.28. The quantitative estimate of drug-likeness (QED) is 0.529. The second-order valence-electron chi connectivity index (χ2n) is 8.09. The van der Waals surface area contributed by atoms with E-state index in [-0.39, 0.29) is 16.5 Å². The number of aryl methyl sites for hydroxylation is 2. The van der Waals surface area contributed by atoms with E-state index in [4.69, 9.17) is 0 Å². The van der Waals surface area contributed by atoms with Gasteiger partial charge in [0.2, 0.25) is 0 Å². The molecule has 32 heavy (non-hydrogen) atoms. The standard InChI is InChI=1S/C23H26N4O4S/c28-22-19-11-4-5-12-20(19)25-21(26-22)14-13-16-7-6-10-18(15-16)32(30,31)27-23(29)24-17-8-2-1-3-9-17/h4-7,10-12,15,17H,1-3,8-9,13-14H2,(H2,24,27,29)(H,25,26,28). The number of fused-ring (bicyclic) bond motifs is 1. The van der Waals surface area contributed by atoms with Crippen LogP contribution in [0.4, 0.5) is 4.79 Å². The first-order chi connectivity index (χ1) is 15.4. The number of para-hydroxylation sites is 1. The predicted molar refractivity (Wildman–Crippen MR) is 122 cm³/mol. The van der Waals surface area contributed by atoms with Crippen molar-refractivity contribution in [3.63, 3.8) is 0 Å². The zero-order valence-electron chi connectivity index (χ0n) is 17.6. The van der Waals surface area contributed by atoms with Crippen molar-refractivity contribution >= 4 is 27.0 Å². The van der Waals surface area contributed by atoms with E-state index >= 15 is 0 Å². The highest BCUT2D eigenvalue weighted by Crippen LogP contribution is 2.18. The average Bonchev–Trinajstić information content (AvgIpc) is 2.78. The monoisotopic (exact) mass is 454 g/mol. The molecule has 0 unspecified atom stereocenters. The fourth-order valence-electron chi connectivity index (χ4n) is 4.03. The third-order valence-corrected chi connectivity index (χ3v) is 7.02. The predicted octanol–water partition coefficient (Wildman–Crippen LogP) is 3.03. The first-order valence-corrected chi connectivity index (χ1v) is 12.3. The Morgan fingerprint density at radius 3 is 2.62 bits per heavy atom. The number of H-pyrrole nitrogens is 1. The molecule has 1 heterocycles. The maximum Gasteiger partial charge on any atom is 0.328 e. The first-order valence-electron chi connectivity index (χ1n) is 10.8. The van der Waals surface area contributed by atoms with E-state index in [1.54, 1.807) is 30.3 Å². The molecule has 1 aliphatic rings. The Balaban J connectivity index is 1.42. The van der Waals surface area contributed by atoms with Gasteiger partial charge in [0, 0.05) is 12.5 Å². The van der Waals surface area contributed by atoms with Crippen LogP contribution in [0.15, 0.2) is 58.2 Å². The molecule has 2 amide bonds. The normalized spacial score (nSPS) is 14.9. The van der Waals surface area contributed by atoms with Crippen LogP contribution < -0.4 is 15.6 Å². The lowest BCUT2D eigenvalue weighted by Gasteiger charge is -2.22. The van der Waals surface area contributed by atoms with Gasteiger partial charge in [-0.2, -0.15) is 0 Å². The number of amides is 2. The molecule has 168 valence electrons. The molecule has 0 atom stereocenters. The average molecular weight is 455 g/mol. The van der Waals surface area contributed by atoms with Crippen LogP contribution in [0.25, 0.3) is 10.9 Å². The highest BCUT2D eigenvalue weighted by atomic mass is 32.2. The number of urea groups is 1. The Morgan fingerprint density at radius 2 is 1.81 bits per heavy atom. The van der Waals surface area contributed by atoms with E-state index in [9.17, 15) is 18.0 Å². The van der Waals surface area contributed by atoms with Crippen molar-refractivity contribution < 1.29 is 13.2 Å². The lowest BCUT2D eigenvalue weighted by molar-refractivity contribution is 0.237. The minimum Gasteiger partial charge on any atom is -0.335 e. The number of hydrogen-bond donors (Lipinski definition) is 3. The van der Waals surface area contributed by atoms with Crippen LogP contribution >= 0.6 is 0 Å². The molecule has 4 rings (SSSR count). The van der Waals surface area contributed by atoms with Crippen LogP contribution in [0.5, 0.6) is 0 Å². The molecular weight excluding hydrogens is 428 g/mol. The number of carbonyl (C=O) groups is 1. The Labute approximate surface area is 186 Å². The molecule has 1 aliphatic carbocycles. The summed E-state index contributed by atoms with van der Waals surface area (Å²) in [5.41, 5.74) is 1.18. The number of benzene rings is 2. The summed E-state index contributed by atoms with van der Waals surface area (Å²) in [7, 11) is -3.99. The molecule has 3 aromatic rings. The Hall–Kier alpha value is -3.20. The van der Waals surface area contributed by atoms with Gasteiger partial charge in [0.25, 0.3) is 15.6 Å². The van der Waals surface area contributed by atoms with Gasteiger partial charge in [0.05, 0.1) is 15.8 Å². The summed E-state index contributed by atoms with van der Waals surface area (Å²) in [6, 6.07) is 12.9. The highest BCUT2D eigenvalue weighted by molar-refractivity contribution is 7.90. The number of nitrogens with zero attached hydrogens (tertiary/aromatic N) is 1. The van der Waals surface area contributed by atoms with E-state index in [1.807, 2.05) is 6.07 Å². The molecule has 0 bridgehead atoms. The van der Waals surface area contributed by atoms with E-state index < -0.39 is 16.1 Å². The summed E-state index contributed by atoms with van der Waals surface area (Å²) in [6.45, 7) is 0. The van der Waals surface area contributed by atoms with Crippen molar-refractivity contribution in [1.29, 1.82) is 0 Å². The SMILES string of the molecule is O=C(NC1CCCCC1)NS(=O)(=O)c1cccc(CCc2nc3ccccc3c(=O)[nH]2)c1. The van der Waals surface area contributed by atoms with Crippen LogP contribution in [0.1, 0.15) is 43.5 Å². The van der Waals surface area contributed by atoms with Crippen molar-refractivity contribution in [3.05, 3.63) is 70.3 Å². The minimum atomic E-state index is -3.99. The number of sulfonamides is 1.